The average Bonchev–Trinajstić information content (AvgIpc) is 3.04. The van der Waals surface area contributed by atoms with Crippen LogP contribution in [0.5, 0.6) is 0 Å². The third-order valence-corrected chi connectivity index (χ3v) is 8.22. The van der Waals surface area contributed by atoms with E-state index in [1.807, 2.05) is 61.5 Å². The number of thioether (sulfide) groups is 1. The molecular formula is C33H36N4O4S. The molecule has 0 radical (unpaired) electrons. The molecule has 0 bridgehead atoms. The molecule has 2 amide bonds. The fourth-order valence-electron chi connectivity index (χ4n) is 4.96. The van der Waals surface area contributed by atoms with Crippen molar-refractivity contribution in [1.82, 2.24) is 20.6 Å². The molecule has 2 heterocycles. The summed E-state index contributed by atoms with van der Waals surface area (Å²) in [4.78, 5) is 20.6. The largest absolute Gasteiger partial charge is 0.392 e. The van der Waals surface area contributed by atoms with Crippen LogP contribution in [0, 0.1) is 5.92 Å². The van der Waals surface area contributed by atoms with Gasteiger partial charge in [-0.15, -0.1) is 0 Å². The molecule has 1 aromatic heterocycles. The van der Waals surface area contributed by atoms with Gasteiger partial charge in [0.05, 0.1) is 18.8 Å². The Labute approximate surface area is 250 Å². The Hall–Kier alpha value is -3.76. The van der Waals surface area contributed by atoms with Gasteiger partial charge in [0.1, 0.15) is 0 Å². The summed E-state index contributed by atoms with van der Waals surface area (Å²) in [5.41, 5.74) is 5.91. The number of hydrogen-bond acceptors (Lipinski definition) is 7. The lowest BCUT2D eigenvalue weighted by Gasteiger charge is -2.41. The fraction of sp³-hybridized carbons (Fsp3) is 0.303. The molecule has 1 aliphatic heterocycles. The van der Waals surface area contributed by atoms with Crippen molar-refractivity contribution in [2.45, 2.75) is 50.7 Å². The third-order valence-electron chi connectivity index (χ3n) is 7.25. The van der Waals surface area contributed by atoms with Crippen LogP contribution in [-0.4, -0.2) is 39.5 Å². The molecule has 0 aliphatic carbocycles. The first kappa shape index (κ1) is 29.7. The van der Waals surface area contributed by atoms with Crippen LogP contribution in [0.3, 0.4) is 0 Å². The second kappa shape index (κ2) is 14.4. The highest BCUT2D eigenvalue weighted by atomic mass is 32.2. The molecule has 4 atom stereocenters. The van der Waals surface area contributed by atoms with Gasteiger partial charge in [-0.25, -0.2) is 14.8 Å². The van der Waals surface area contributed by atoms with Crippen LogP contribution in [0.25, 0.3) is 11.1 Å². The maximum Gasteiger partial charge on any atom is 0.315 e. The molecule has 5 rings (SSSR count). The van der Waals surface area contributed by atoms with Gasteiger partial charge in [0.15, 0.2) is 11.4 Å². The number of nitrogens with zero attached hydrogens (tertiary/aromatic N) is 2. The predicted molar refractivity (Wildman–Crippen MR) is 164 cm³/mol. The van der Waals surface area contributed by atoms with Crippen molar-refractivity contribution in [1.29, 1.82) is 0 Å². The smallest absolute Gasteiger partial charge is 0.315 e. The molecule has 42 heavy (non-hydrogen) atoms. The number of urea groups is 1. The molecule has 0 saturated carbocycles. The maximum atomic E-state index is 11.9. The van der Waals surface area contributed by atoms with Gasteiger partial charge in [-0.3, -0.25) is 0 Å². The van der Waals surface area contributed by atoms with E-state index in [2.05, 4.69) is 51.8 Å². The normalized spacial score (nSPS) is 20.2. The van der Waals surface area contributed by atoms with Gasteiger partial charge >= 0.3 is 6.03 Å². The van der Waals surface area contributed by atoms with E-state index in [9.17, 15) is 9.90 Å². The van der Waals surface area contributed by atoms with E-state index in [0.29, 0.717) is 24.0 Å². The SMILES string of the molecule is CCNC(=O)NCc1cccc(-c2cccc([C@H]3O[C@@H](CSc4ncccn4)[C@@H](C)[C@@H](c4ccc(CO)cc4)O3)c2)c1. The van der Waals surface area contributed by atoms with Crippen molar-refractivity contribution in [3.05, 3.63) is 114 Å². The minimum atomic E-state index is -0.575. The Balaban J connectivity index is 1.38. The summed E-state index contributed by atoms with van der Waals surface area (Å²) in [7, 11) is 0. The van der Waals surface area contributed by atoms with Crippen molar-refractivity contribution in [3.63, 3.8) is 0 Å². The van der Waals surface area contributed by atoms with E-state index in [1.54, 1.807) is 24.2 Å². The Morgan fingerprint density at radius 2 is 1.62 bits per heavy atom. The van der Waals surface area contributed by atoms with Crippen LogP contribution < -0.4 is 10.6 Å². The summed E-state index contributed by atoms with van der Waals surface area (Å²) in [5, 5.41) is 15.9. The minimum absolute atomic E-state index is 0.000570. The topological polar surface area (TPSA) is 106 Å². The zero-order valence-electron chi connectivity index (χ0n) is 23.8. The molecular weight excluding hydrogens is 548 g/mol. The van der Waals surface area contributed by atoms with E-state index in [0.717, 1.165) is 33.4 Å². The number of ether oxygens (including phenoxy) is 2. The van der Waals surface area contributed by atoms with Crippen molar-refractivity contribution >= 4 is 17.8 Å². The molecule has 0 unspecified atom stereocenters. The Morgan fingerprint density at radius 1 is 0.881 bits per heavy atom. The third kappa shape index (κ3) is 7.54. The lowest BCUT2D eigenvalue weighted by molar-refractivity contribution is -0.268. The molecule has 8 nitrogen and oxygen atoms in total. The highest BCUT2D eigenvalue weighted by Crippen LogP contribution is 2.43. The summed E-state index contributed by atoms with van der Waals surface area (Å²) in [6.07, 6.45) is 2.59. The van der Waals surface area contributed by atoms with Crippen LogP contribution in [0.1, 0.15) is 48.5 Å². The molecule has 218 valence electrons. The zero-order chi connectivity index (χ0) is 29.3. The van der Waals surface area contributed by atoms with Gasteiger partial charge in [-0.05, 0) is 52.9 Å². The first-order valence-corrected chi connectivity index (χ1v) is 15.1. The molecule has 9 heteroatoms. The summed E-state index contributed by atoms with van der Waals surface area (Å²) in [6.45, 7) is 5.06. The van der Waals surface area contributed by atoms with Crippen molar-refractivity contribution in [3.8, 4) is 11.1 Å². The minimum Gasteiger partial charge on any atom is -0.392 e. The number of aromatic nitrogens is 2. The fourth-order valence-corrected chi connectivity index (χ4v) is 5.92. The lowest BCUT2D eigenvalue weighted by Crippen LogP contribution is -2.38. The molecule has 1 saturated heterocycles. The van der Waals surface area contributed by atoms with Crippen molar-refractivity contribution in [2.75, 3.05) is 12.3 Å². The number of aliphatic hydroxyl groups excluding tert-OH is 1. The van der Waals surface area contributed by atoms with Gasteiger partial charge in [0.2, 0.25) is 0 Å². The highest BCUT2D eigenvalue weighted by Gasteiger charge is 2.38. The first-order chi connectivity index (χ1) is 20.5. The molecule has 1 aliphatic rings. The molecule has 4 aromatic rings. The number of benzene rings is 3. The van der Waals surface area contributed by atoms with Gasteiger partial charge in [-0.1, -0.05) is 79.3 Å². The van der Waals surface area contributed by atoms with Crippen molar-refractivity contribution in [2.24, 2.45) is 5.92 Å². The first-order valence-electron chi connectivity index (χ1n) is 14.2. The lowest BCUT2D eigenvalue weighted by atomic mass is 9.91. The van der Waals surface area contributed by atoms with E-state index in [1.165, 1.54) is 0 Å². The number of nitrogens with one attached hydrogen (secondary N) is 2. The average molecular weight is 585 g/mol. The van der Waals surface area contributed by atoms with E-state index < -0.39 is 6.29 Å². The van der Waals surface area contributed by atoms with E-state index >= 15 is 0 Å². The van der Waals surface area contributed by atoms with Crippen LogP contribution in [0.4, 0.5) is 4.79 Å². The van der Waals surface area contributed by atoms with Crippen LogP contribution in [0.2, 0.25) is 0 Å². The summed E-state index contributed by atoms with van der Waals surface area (Å²) in [6, 6.07) is 25.9. The van der Waals surface area contributed by atoms with E-state index in [4.69, 9.17) is 9.47 Å². The molecule has 3 N–H and O–H groups in total. The summed E-state index contributed by atoms with van der Waals surface area (Å²) < 4.78 is 13.3. The number of rotatable bonds is 10. The summed E-state index contributed by atoms with van der Waals surface area (Å²) >= 11 is 1.57. The van der Waals surface area contributed by atoms with Gasteiger partial charge in [0.25, 0.3) is 0 Å². The van der Waals surface area contributed by atoms with Crippen LogP contribution in [-0.2, 0) is 22.6 Å². The van der Waals surface area contributed by atoms with Crippen LogP contribution >= 0.6 is 11.8 Å². The number of amides is 2. The monoisotopic (exact) mass is 584 g/mol. The van der Waals surface area contributed by atoms with Gasteiger partial charge < -0.3 is 25.2 Å². The standard InChI is InChI=1S/C33H36N4O4S/c1-3-34-32(39)37-19-24-7-4-8-26(17-24)27-9-5-10-28(18-27)31-40-29(21-42-33-35-15-6-16-36-33)22(2)30(41-31)25-13-11-23(20-38)12-14-25/h4-18,22,29-31,38H,3,19-21H2,1-2H3,(H2,34,37,39)/t22-,29+,30+,31+/m1/s1. The quantitative estimate of drug-likeness (QED) is 0.154. The van der Waals surface area contributed by atoms with Crippen molar-refractivity contribution < 1.29 is 19.4 Å². The zero-order valence-corrected chi connectivity index (χ0v) is 24.6. The Bertz CT molecular complexity index is 1450. The Morgan fingerprint density at radius 3 is 2.36 bits per heavy atom. The second-order valence-corrected chi connectivity index (χ2v) is 11.2. The second-order valence-electron chi connectivity index (χ2n) is 10.2. The highest BCUT2D eigenvalue weighted by molar-refractivity contribution is 7.99. The number of carbonyl (C=O) groups is 1. The molecule has 1 fully saturated rings. The maximum absolute atomic E-state index is 11.9. The van der Waals surface area contributed by atoms with Crippen LogP contribution in [0.15, 0.2) is 96.4 Å². The molecule has 3 aromatic carbocycles. The predicted octanol–water partition coefficient (Wildman–Crippen LogP) is 6.04. The van der Waals surface area contributed by atoms with Gasteiger partial charge in [0, 0.05) is 42.7 Å². The number of carbonyl (C=O) groups excluding carboxylic acids is 1. The number of aliphatic hydroxyl groups is 1. The van der Waals surface area contributed by atoms with Gasteiger partial charge in [-0.2, -0.15) is 0 Å². The molecule has 0 spiro atoms. The Kier molecular flexibility index (Phi) is 10.2. The van der Waals surface area contributed by atoms with E-state index in [-0.39, 0.29) is 30.8 Å². The number of hydrogen-bond donors (Lipinski definition) is 3. The summed E-state index contributed by atoms with van der Waals surface area (Å²) in [5.74, 6) is 0.742.